The first-order chi connectivity index (χ1) is 8.75. The summed E-state index contributed by atoms with van der Waals surface area (Å²) in [5, 5.41) is 3.83. The Morgan fingerprint density at radius 2 is 1.56 bits per heavy atom. The van der Waals surface area contributed by atoms with Crippen molar-refractivity contribution in [1.29, 1.82) is 0 Å². The normalized spacial score (nSPS) is 28.6. The molecule has 104 valence electrons. The smallest absolute Gasteiger partial charge is 0.222 e. The molecule has 1 heterocycles. The van der Waals surface area contributed by atoms with Crippen LogP contribution in [0.4, 0.5) is 0 Å². The SMILES string of the molecule is CN1CC[C@H](NC2CCCCCCC2)CCC1=O. The molecule has 1 aliphatic carbocycles. The maximum atomic E-state index is 11.7. The number of carbonyl (C=O) groups excluding carboxylic acids is 1. The topological polar surface area (TPSA) is 32.3 Å². The summed E-state index contributed by atoms with van der Waals surface area (Å²) in [6.45, 7) is 0.920. The molecule has 18 heavy (non-hydrogen) atoms. The van der Waals surface area contributed by atoms with Gasteiger partial charge >= 0.3 is 0 Å². The van der Waals surface area contributed by atoms with Crippen molar-refractivity contribution in [3.05, 3.63) is 0 Å². The molecule has 2 fully saturated rings. The van der Waals surface area contributed by atoms with Crippen molar-refractivity contribution in [2.24, 2.45) is 0 Å². The van der Waals surface area contributed by atoms with Crippen LogP contribution >= 0.6 is 0 Å². The highest BCUT2D eigenvalue weighted by molar-refractivity contribution is 5.76. The van der Waals surface area contributed by atoms with E-state index < -0.39 is 0 Å². The fourth-order valence-electron chi connectivity index (χ4n) is 3.23. The van der Waals surface area contributed by atoms with Gasteiger partial charge in [0.25, 0.3) is 0 Å². The van der Waals surface area contributed by atoms with Crippen molar-refractivity contribution in [3.63, 3.8) is 0 Å². The van der Waals surface area contributed by atoms with Gasteiger partial charge in [0.1, 0.15) is 0 Å². The summed E-state index contributed by atoms with van der Waals surface area (Å²) >= 11 is 0. The fourth-order valence-corrected chi connectivity index (χ4v) is 3.23. The molecule has 0 aromatic rings. The molecule has 0 aromatic heterocycles. The van der Waals surface area contributed by atoms with Gasteiger partial charge in [0.15, 0.2) is 0 Å². The highest BCUT2D eigenvalue weighted by atomic mass is 16.2. The Kier molecular flexibility index (Phi) is 5.48. The molecule has 2 aliphatic rings. The number of likely N-dealkylation sites (tertiary alicyclic amines) is 1. The van der Waals surface area contributed by atoms with Crippen molar-refractivity contribution in [3.8, 4) is 0 Å². The third-order valence-electron chi connectivity index (χ3n) is 4.52. The minimum Gasteiger partial charge on any atom is -0.346 e. The molecule has 3 nitrogen and oxygen atoms in total. The molecule has 0 unspecified atom stereocenters. The second-order valence-corrected chi connectivity index (χ2v) is 6.05. The largest absolute Gasteiger partial charge is 0.346 e. The summed E-state index contributed by atoms with van der Waals surface area (Å²) in [6, 6.07) is 1.26. The Morgan fingerprint density at radius 3 is 2.28 bits per heavy atom. The van der Waals surface area contributed by atoms with Gasteiger partial charge in [-0.2, -0.15) is 0 Å². The molecular formula is C15H28N2O. The molecule has 0 spiro atoms. The fraction of sp³-hybridized carbons (Fsp3) is 0.933. The van der Waals surface area contributed by atoms with E-state index in [9.17, 15) is 4.79 Å². The van der Waals surface area contributed by atoms with Gasteiger partial charge in [-0.3, -0.25) is 4.79 Å². The van der Waals surface area contributed by atoms with E-state index in [-0.39, 0.29) is 0 Å². The van der Waals surface area contributed by atoms with Crippen LogP contribution in [0, 0.1) is 0 Å². The summed E-state index contributed by atoms with van der Waals surface area (Å²) < 4.78 is 0. The average molecular weight is 252 g/mol. The van der Waals surface area contributed by atoms with Crippen LogP contribution in [-0.2, 0) is 4.79 Å². The van der Waals surface area contributed by atoms with Crippen molar-refractivity contribution in [1.82, 2.24) is 10.2 Å². The number of carbonyl (C=O) groups is 1. The minimum absolute atomic E-state index is 0.317. The van der Waals surface area contributed by atoms with Gasteiger partial charge < -0.3 is 10.2 Å². The Morgan fingerprint density at radius 1 is 0.944 bits per heavy atom. The number of hydrogen-bond donors (Lipinski definition) is 1. The predicted molar refractivity (Wildman–Crippen MR) is 74.5 cm³/mol. The van der Waals surface area contributed by atoms with Gasteiger partial charge in [0.05, 0.1) is 0 Å². The molecule has 1 aliphatic heterocycles. The van der Waals surface area contributed by atoms with Gasteiger partial charge in [0.2, 0.25) is 5.91 Å². The number of rotatable bonds is 2. The zero-order valence-corrected chi connectivity index (χ0v) is 11.8. The van der Waals surface area contributed by atoms with Gasteiger partial charge in [-0.15, -0.1) is 0 Å². The number of nitrogens with zero attached hydrogens (tertiary/aromatic N) is 1. The first kappa shape index (κ1) is 13.9. The summed E-state index contributed by atoms with van der Waals surface area (Å²) in [6.07, 6.45) is 12.5. The Balaban J connectivity index is 1.78. The predicted octanol–water partition coefficient (Wildman–Crippen LogP) is 2.70. The highest BCUT2D eigenvalue weighted by Crippen LogP contribution is 2.19. The molecule has 1 saturated carbocycles. The summed E-state index contributed by atoms with van der Waals surface area (Å²) in [5.74, 6) is 0.317. The van der Waals surface area contributed by atoms with Crippen LogP contribution in [0.1, 0.15) is 64.2 Å². The van der Waals surface area contributed by atoms with Crippen molar-refractivity contribution in [2.75, 3.05) is 13.6 Å². The maximum Gasteiger partial charge on any atom is 0.222 e. The lowest BCUT2D eigenvalue weighted by atomic mass is 9.95. The minimum atomic E-state index is 0.317. The summed E-state index contributed by atoms with van der Waals surface area (Å²) in [4.78, 5) is 13.5. The molecule has 3 heteroatoms. The lowest BCUT2D eigenvalue weighted by molar-refractivity contribution is -0.129. The third kappa shape index (κ3) is 4.27. The van der Waals surface area contributed by atoms with Crippen LogP contribution in [0.2, 0.25) is 0 Å². The Bertz CT molecular complexity index is 259. The molecule has 0 aromatic carbocycles. The molecule has 0 radical (unpaired) electrons. The van der Waals surface area contributed by atoms with Gasteiger partial charge in [-0.05, 0) is 25.7 Å². The monoisotopic (exact) mass is 252 g/mol. The molecule has 1 N–H and O–H groups in total. The second kappa shape index (κ2) is 7.13. The van der Waals surface area contributed by atoms with E-state index >= 15 is 0 Å². The van der Waals surface area contributed by atoms with E-state index in [1.165, 1.54) is 44.9 Å². The summed E-state index contributed by atoms with van der Waals surface area (Å²) in [7, 11) is 1.93. The van der Waals surface area contributed by atoms with Crippen LogP contribution in [0.5, 0.6) is 0 Å². The van der Waals surface area contributed by atoms with E-state index in [0.29, 0.717) is 18.0 Å². The first-order valence-electron chi connectivity index (χ1n) is 7.76. The van der Waals surface area contributed by atoms with E-state index in [1.54, 1.807) is 0 Å². The lowest BCUT2D eigenvalue weighted by Gasteiger charge is -2.26. The third-order valence-corrected chi connectivity index (χ3v) is 4.52. The first-order valence-corrected chi connectivity index (χ1v) is 7.76. The lowest BCUT2D eigenvalue weighted by Crippen LogP contribution is -2.39. The maximum absolute atomic E-state index is 11.7. The van der Waals surface area contributed by atoms with Gasteiger partial charge in [-0.25, -0.2) is 0 Å². The molecule has 2 rings (SSSR count). The van der Waals surface area contributed by atoms with Gasteiger partial charge in [0, 0.05) is 32.1 Å². The molecule has 0 bridgehead atoms. The van der Waals surface area contributed by atoms with Crippen LogP contribution in [0.3, 0.4) is 0 Å². The molecule has 1 amide bonds. The molecule has 1 saturated heterocycles. The Hall–Kier alpha value is -0.570. The number of amides is 1. The zero-order valence-electron chi connectivity index (χ0n) is 11.8. The number of hydrogen-bond acceptors (Lipinski definition) is 2. The van der Waals surface area contributed by atoms with Crippen LogP contribution in [0.25, 0.3) is 0 Å². The zero-order chi connectivity index (χ0) is 12.8. The van der Waals surface area contributed by atoms with Crippen LogP contribution < -0.4 is 5.32 Å². The van der Waals surface area contributed by atoms with Crippen LogP contribution in [-0.4, -0.2) is 36.5 Å². The highest BCUT2D eigenvalue weighted by Gasteiger charge is 2.22. The van der Waals surface area contributed by atoms with E-state index in [2.05, 4.69) is 5.32 Å². The molecular weight excluding hydrogens is 224 g/mol. The quantitative estimate of drug-likeness (QED) is 0.819. The van der Waals surface area contributed by atoms with E-state index in [4.69, 9.17) is 0 Å². The average Bonchev–Trinajstić information content (AvgIpc) is 2.48. The standard InChI is InChI=1S/C15H28N2O/c1-17-12-11-14(9-10-15(17)18)16-13-7-5-3-2-4-6-8-13/h13-14,16H,2-12H2,1H3/t14-/m1/s1. The Labute approximate surface area is 111 Å². The second-order valence-electron chi connectivity index (χ2n) is 6.05. The van der Waals surface area contributed by atoms with E-state index in [0.717, 1.165) is 25.8 Å². The molecule has 1 atom stereocenters. The number of nitrogens with one attached hydrogen (secondary N) is 1. The van der Waals surface area contributed by atoms with E-state index in [1.807, 2.05) is 11.9 Å². The van der Waals surface area contributed by atoms with Crippen molar-refractivity contribution >= 4 is 5.91 Å². The summed E-state index contributed by atoms with van der Waals surface area (Å²) in [5.41, 5.74) is 0. The van der Waals surface area contributed by atoms with Crippen molar-refractivity contribution in [2.45, 2.75) is 76.3 Å². The van der Waals surface area contributed by atoms with Gasteiger partial charge in [-0.1, -0.05) is 32.1 Å². The van der Waals surface area contributed by atoms with Crippen LogP contribution in [0.15, 0.2) is 0 Å². The van der Waals surface area contributed by atoms with Crippen molar-refractivity contribution < 1.29 is 4.79 Å².